The van der Waals surface area contributed by atoms with E-state index in [1.165, 1.54) is 24.0 Å². The van der Waals surface area contributed by atoms with Gasteiger partial charge in [-0.2, -0.15) is 0 Å². The highest BCUT2D eigenvalue weighted by Crippen LogP contribution is 2.37. The van der Waals surface area contributed by atoms with Crippen molar-refractivity contribution in [1.29, 1.82) is 0 Å². The van der Waals surface area contributed by atoms with Crippen molar-refractivity contribution in [1.82, 2.24) is 4.90 Å². The highest BCUT2D eigenvalue weighted by Gasteiger charge is 2.27. The van der Waals surface area contributed by atoms with Gasteiger partial charge >= 0.3 is 0 Å². The second-order valence-corrected chi connectivity index (χ2v) is 6.68. The van der Waals surface area contributed by atoms with Crippen molar-refractivity contribution in [2.75, 3.05) is 13.1 Å². The van der Waals surface area contributed by atoms with Gasteiger partial charge in [-0.25, -0.2) is 0 Å². The van der Waals surface area contributed by atoms with Gasteiger partial charge in [0.25, 0.3) is 0 Å². The van der Waals surface area contributed by atoms with Crippen LogP contribution in [-0.4, -0.2) is 23.1 Å². The smallest absolute Gasteiger partial charge is 0.120 e. The lowest BCUT2D eigenvalue weighted by Crippen LogP contribution is -2.26. The van der Waals surface area contributed by atoms with Crippen molar-refractivity contribution in [2.24, 2.45) is 0 Å². The predicted octanol–water partition coefficient (Wildman–Crippen LogP) is 4.65. The molecule has 1 heterocycles. The van der Waals surface area contributed by atoms with Crippen LogP contribution in [-0.2, 0) is 0 Å². The topological polar surface area (TPSA) is 23.5 Å². The lowest BCUT2D eigenvalue weighted by atomic mass is 9.96. The second kappa shape index (κ2) is 6.20. The Hall–Kier alpha value is -1.32. The molecule has 1 aliphatic heterocycles. The second-order valence-electron chi connectivity index (χ2n) is 5.76. The fraction of sp³-hybridized carbons (Fsp3) is 0.333. The van der Waals surface area contributed by atoms with Gasteiger partial charge in [-0.1, -0.05) is 45.8 Å². The molecule has 2 aromatic rings. The maximum Gasteiger partial charge on any atom is 0.120 e. The van der Waals surface area contributed by atoms with Crippen molar-refractivity contribution in [3.8, 4) is 5.75 Å². The molecule has 0 bridgehead atoms. The number of aryl methyl sites for hydroxylation is 1. The van der Waals surface area contributed by atoms with Crippen molar-refractivity contribution < 1.29 is 5.11 Å². The zero-order valence-electron chi connectivity index (χ0n) is 12.2. The standard InChI is InChI=1S/C18H20BrNO/c1-13-4-6-14(7-5-13)18(20-10-2-3-11-20)16-12-15(19)8-9-17(16)21/h4-9,12,18,21H,2-3,10-11H2,1H3/t18-/m1/s1. The first kappa shape index (κ1) is 14.6. The lowest BCUT2D eigenvalue weighted by Gasteiger charge is -2.29. The molecule has 0 amide bonds. The monoisotopic (exact) mass is 345 g/mol. The summed E-state index contributed by atoms with van der Waals surface area (Å²) < 4.78 is 1.01. The van der Waals surface area contributed by atoms with Crippen LogP contribution in [0.1, 0.15) is 35.6 Å². The number of phenols is 1. The Balaban J connectivity index is 2.07. The van der Waals surface area contributed by atoms with E-state index < -0.39 is 0 Å². The van der Waals surface area contributed by atoms with Crippen LogP contribution in [0.4, 0.5) is 0 Å². The molecule has 3 rings (SSSR count). The highest BCUT2D eigenvalue weighted by atomic mass is 79.9. The van der Waals surface area contributed by atoms with E-state index in [1.807, 2.05) is 12.1 Å². The van der Waals surface area contributed by atoms with Crippen LogP contribution in [0, 0.1) is 6.92 Å². The van der Waals surface area contributed by atoms with Crippen LogP contribution in [0.15, 0.2) is 46.9 Å². The van der Waals surface area contributed by atoms with Crippen molar-refractivity contribution in [3.05, 3.63) is 63.6 Å². The lowest BCUT2D eigenvalue weighted by molar-refractivity contribution is 0.275. The first-order valence-electron chi connectivity index (χ1n) is 7.44. The van der Waals surface area contributed by atoms with Gasteiger partial charge in [-0.15, -0.1) is 0 Å². The molecule has 0 spiro atoms. The molecule has 1 fully saturated rings. The number of aromatic hydroxyl groups is 1. The Morgan fingerprint density at radius 3 is 2.38 bits per heavy atom. The molecule has 1 saturated heterocycles. The van der Waals surface area contributed by atoms with Crippen molar-refractivity contribution >= 4 is 15.9 Å². The molecule has 0 unspecified atom stereocenters. The molecule has 21 heavy (non-hydrogen) atoms. The van der Waals surface area contributed by atoms with E-state index in [0.717, 1.165) is 23.1 Å². The molecule has 0 radical (unpaired) electrons. The minimum atomic E-state index is 0.130. The van der Waals surface area contributed by atoms with Crippen LogP contribution in [0.25, 0.3) is 0 Å². The number of halogens is 1. The maximum absolute atomic E-state index is 10.3. The van der Waals surface area contributed by atoms with E-state index in [1.54, 1.807) is 6.07 Å². The van der Waals surface area contributed by atoms with E-state index >= 15 is 0 Å². The van der Waals surface area contributed by atoms with Gasteiger partial charge in [-0.05, 0) is 56.6 Å². The number of hydrogen-bond acceptors (Lipinski definition) is 2. The third kappa shape index (κ3) is 3.14. The van der Waals surface area contributed by atoms with Crippen molar-refractivity contribution in [2.45, 2.75) is 25.8 Å². The molecule has 110 valence electrons. The Morgan fingerprint density at radius 2 is 1.71 bits per heavy atom. The third-order valence-corrected chi connectivity index (χ3v) is 4.68. The van der Waals surface area contributed by atoms with Crippen LogP contribution < -0.4 is 0 Å². The van der Waals surface area contributed by atoms with E-state index in [4.69, 9.17) is 0 Å². The minimum Gasteiger partial charge on any atom is -0.508 e. The molecular formula is C18H20BrNO. The normalized spacial score (nSPS) is 17.0. The average Bonchev–Trinajstić information content (AvgIpc) is 2.99. The number of hydrogen-bond donors (Lipinski definition) is 1. The highest BCUT2D eigenvalue weighted by molar-refractivity contribution is 9.10. The Labute approximate surface area is 134 Å². The number of benzene rings is 2. The molecular weight excluding hydrogens is 326 g/mol. The number of phenolic OH excluding ortho intramolecular Hbond substituents is 1. The first-order valence-corrected chi connectivity index (χ1v) is 8.23. The fourth-order valence-electron chi connectivity index (χ4n) is 3.08. The molecule has 0 aromatic heterocycles. The molecule has 1 N–H and O–H groups in total. The van der Waals surface area contributed by atoms with Crippen LogP contribution in [0.5, 0.6) is 5.75 Å². The van der Waals surface area contributed by atoms with E-state index in [9.17, 15) is 5.11 Å². The molecule has 0 aliphatic carbocycles. The summed E-state index contributed by atoms with van der Waals surface area (Å²) in [5.41, 5.74) is 3.49. The first-order chi connectivity index (χ1) is 10.1. The summed E-state index contributed by atoms with van der Waals surface area (Å²) in [4.78, 5) is 2.46. The van der Waals surface area contributed by atoms with Gasteiger partial charge in [0.05, 0.1) is 6.04 Å². The number of rotatable bonds is 3. The van der Waals surface area contributed by atoms with Crippen molar-refractivity contribution in [3.63, 3.8) is 0 Å². The van der Waals surface area contributed by atoms with Gasteiger partial charge in [0.2, 0.25) is 0 Å². The van der Waals surface area contributed by atoms with Crippen LogP contribution in [0.3, 0.4) is 0 Å². The van der Waals surface area contributed by atoms with Gasteiger partial charge in [0, 0.05) is 10.0 Å². The maximum atomic E-state index is 10.3. The molecule has 2 aromatic carbocycles. The molecule has 1 atom stereocenters. The Bertz CT molecular complexity index is 618. The van der Waals surface area contributed by atoms with Gasteiger partial charge in [0.15, 0.2) is 0 Å². The SMILES string of the molecule is Cc1ccc([C@H](c2cc(Br)ccc2O)N2CCCC2)cc1. The summed E-state index contributed by atoms with van der Waals surface area (Å²) >= 11 is 3.53. The summed E-state index contributed by atoms with van der Waals surface area (Å²) in [6.07, 6.45) is 2.47. The minimum absolute atomic E-state index is 0.130. The Morgan fingerprint density at radius 1 is 1.05 bits per heavy atom. The zero-order valence-corrected chi connectivity index (χ0v) is 13.8. The fourth-order valence-corrected chi connectivity index (χ4v) is 3.46. The third-order valence-electron chi connectivity index (χ3n) is 4.18. The quantitative estimate of drug-likeness (QED) is 0.875. The number of nitrogens with zero attached hydrogens (tertiary/aromatic N) is 1. The van der Waals surface area contributed by atoms with Gasteiger partial charge in [0.1, 0.15) is 5.75 Å². The Kier molecular flexibility index (Phi) is 4.32. The molecule has 0 saturated carbocycles. The van der Waals surface area contributed by atoms with Crippen LogP contribution in [0.2, 0.25) is 0 Å². The summed E-state index contributed by atoms with van der Waals surface area (Å²) in [6, 6.07) is 14.5. The summed E-state index contributed by atoms with van der Waals surface area (Å²) in [7, 11) is 0. The largest absolute Gasteiger partial charge is 0.508 e. The molecule has 1 aliphatic rings. The summed E-state index contributed by atoms with van der Waals surface area (Å²) in [6.45, 7) is 4.28. The van der Waals surface area contributed by atoms with E-state index in [-0.39, 0.29) is 6.04 Å². The predicted molar refractivity (Wildman–Crippen MR) is 89.6 cm³/mol. The van der Waals surface area contributed by atoms with E-state index in [0.29, 0.717) is 5.75 Å². The van der Waals surface area contributed by atoms with Gasteiger partial charge < -0.3 is 5.11 Å². The summed E-state index contributed by atoms with van der Waals surface area (Å²) in [5, 5.41) is 10.3. The van der Waals surface area contributed by atoms with Gasteiger partial charge in [-0.3, -0.25) is 4.90 Å². The van der Waals surface area contributed by atoms with E-state index in [2.05, 4.69) is 52.0 Å². The number of likely N-dealkylation sites (tertiary alicyclic amines) is 1. The zero-order chi connectivity index (χ0) is 14.8. The van der Waals surface area contributed by atoms with Crippen LogP contribution >= 0.6 is 15.9 Å². The summed E-state index contributed by atoms with van der Waals surface area (Å²) in [5.74, 6) is 0.371. The molecule has 3 heteroatoms. The molecule has 2 nitrogen and oxygen atoms in total. The average molecular weight is 346 g/mol.